The van der Waals surface area contributed by atoms with Crippen LogP contribution in [0.5, 0.6) is 0 Å². The van der Waals surface area contributed by atoms with E-state index in [9.17, 15) is 0 Å². The molecule has 3 heteroatoms. The van der Waals surface area contributed by atoms with E-state index in [-0.39, 0.29) is 0 Å². The standard InChI is InChI=1S/C38H24N2S/c1-3-10-26(11-4-1)33-23-22-32-35(39-33)24-34(40-37(32)28-12-5-2-6-13-28)27-20-18-25(19-21-27)29-15-9-16-31-30-14-7-8-17-36(30)41-38(29)31/h1-24H. The summed E-state index contributed by atoms with van der Waals surface area (Å²) in [7, 11) is 0. The maximum absolute atomic E-state index is 5.19. The van der Waals surface area contributed by atoms with Crippen LogP contribution in [0, 0.1) is 0 Å². The monoisotopic (exact) mass is 540 g/mol. The van der Waals surface area contributed by atoms with Gasteiger partial charge in [0, 0.05) is 42.2 Å². The largest absolute Gasteiger partial charge is 0.248 e. The zero-order valence-electron chi connectivity index (χ0n) is 22.2. The van der Waals surface area contributed by atoms with E-state index in [0.717, 1.165) is 44.7 Å². The smallest absolute Gasteiger partial charge is 0.0803 e. The summed E-state index contributed by atoms with van der Waals surface area (Å²) in [4.78, 5) is 10.3. The first kappa shape index (κ1) is 23.7. The molecule has 41 heavy (non-hydrogen) atoms. The Morgan fingerprint density at radius 3 is 1.88 bits per heavy atom. The quantitative estimate of drug-likeness (QED) is 0.222. The molecule has 3 heterocycles. The molecule has 0 aliphatic rings. The van der Waals surface area contributed by atoms with Gasteiger partial charge in [-0.25, -0.2) is 9.97 Å². The van der Waals surface area contributed by atoms with Gasteiger partial charge in [0.15, 0.2) is 0 Å². The van der Waals surface area contributed by atoms with E-state index in [1.807, 2.05) is 23.5 Å². The Hall–Kier alpha value is -5.12. The predicted octanol–water partition coefficient (Wildman–Crippen LogP) is 10.7. The van der Waals surface area contributed by atoms with Gasteiger partial charge in [-0.15, -0.1) is 11.3 Å². The van der Waals surface area contributed by atoms with Gasteiger partial charge in [0.2, 0.25) is 0 Å². The van der Waals surface area contributed by atoms with E-state index in [1.54, 1.807) is 0 Å². The topological polar surface area (TPSA) is 25.8 Å². The number of nitrogens with zero attached hydrogens (tertiary/aromatic N) is 2. The molecule has 0 unspecified atom stereocenters. The molecule has 0 saturated heterocycles. The highest BCUT2D eigenvalue weighted by atomic mass is 32.1. The molecular weight excluding hydrogens is 516 g/mol. The van der Waals surface area contributed by atoms with E-state index in [1.165, 1.54) is 31.3 Å². The highest BCUT2D eigenvalue weighted by Crippen LogP contribution is 2.40. The van der Waals surface area contributed by atoms with Crippen LogP contribution in [0.15, 0.2) is 146 Å². The summed E-state index contributed by atoms with van der Waals surface area (Å²) in [5.41, 5.74) is 9.50. The third-order valence-electron chi connectivity index (χ3n) is 7.70. The van der Waals surface area contributed by atoms with Crippen molar-refractivity contribution in [1.29, 1.82) is 0 Å². The lowest BCUT2D eigenvalue weighted by molar-refractivity contribution is 1.32. The lowest BCUT2D eigenvalue weighted by Gasteiger charge is -2.12. The van der Waals surface area contributed by atoms with Crippen molar-refractivity contribution in [3.05, 3.63) is 146 Å². The molecule has 0 amide bonds. The fraction of sp³-hybridized carbons (Fsp3) is 0. The van der Waals surface area contributed by atoms with Gasteiger partial charge < -0.3 is 0 Å². The third kappa shape index (κ3) is 4.19. The van der Waals surface area contributed by atoms with Crippen LogP contribution in [0.4, 0.5) is 0 Å². The van der Waals surface area contributed by atoms with Gasteiger partial charge in [0.05, 0.1) is 22.6 Å². The van der Waals surface area contributed by atoms with Crippen molar-refractivity contribution in [2.75, 3.05) is 0 Å². The number of pyridine rings is 2. The molecule has 8 aromatic rings. The minimum atomic E-state index is 0.917. The van der Waals surface area contributed by atoms with Gasteiger partial charge in [-0.3, -0.25) is 0 Å². The Labute approximate surface area is 242 Å². The Balaban J connectivity index is 1.26. The molecule has 3 aromatic heterocycles. The number of fused-ring (bicyclic) bond motifs is 4. The summed E-state index contributed by atoms with van der Waals surface area (Å²) >= 11 is 1.86. The van der Waals surface area contributed by atoms with Crippen LogP contribution in [0.2, 0.25) is 0 Å². The van der Waals surface area contributed by atoms with E-state index in [4.69, 9.17) is 9.97 Å². The van der Waals surface area contributed by atoms with Gasteiger partial charge in [0.25, 0.3) is 0 Å². The summed E-state index contributed by atoms with van der Waals surface area (Å²) in [5, 5.41) is 3.69. The van der Waals surface area contributed by atoms with E-state index >= 15 is 0 Å². The second-order valence-corrected chi connectivity index (χ2v) is 11.3. The summed E-state index contributed by atoms with van der Waals surface area (Å²) in [6, 6.07) is 51.2. The molecule has 0 atom stereocenters. The Morgan fingerprint density at radius 1 is 0.415 bits per heavy atom. The predicted molar refractivity (Wildman–Crippen MR) is 174 cm³/mol. The highest BCUT2D eigenvalue weighted by Gasteiger charge is 2.14. The average Bonchev–Trinajstić information content (AvgIpc) is 3.44. The lowest BCUT2D eigenvalue weighted by atomic mass is 9.99. The lowest BCUT2D eigenvalue weighted by Crippen LogP contribution is -1.94. The molecule has 8 rings (SSSR count). The first-order chi connectivity index (χ1) is 20.3. The zero-order chi connectivity index (χ0) is 27.2. The molecule has 0 saturated carbocycles. The van der Waals surface area contributed by atoms with Crippen LogP contribution in [0.1, 0.15) is 0 Å². The Kier molecular flexibility index (Phi) is 5.68. The van der Waals surface area contributed by atoms with Crippen molar-refractivity contribution in [2.24, 2.45) is 0 Å². The third-order valence-corrected chi connectivity index (χ3v) is 8.92. The zero-order valence-corrected chi connectivity index (χ0v) is 23.0. The van der Waals surface area contributed by atoms with Crippen molar-refractivity contribution < 1.29 is 0 Å². The fourth-order valence-electron chi connectivity index (χ4n) is 5.66. The molecule has 2 nitrogen and oxygen atoms in total. The molecule has 0 fully saturated rings. The molecule has 0 bridgehead atoms. The summed E-state index contributed by atoms with van der Waals surface area (Å²) in [5.74, 6) is 0. The summed E-state index contributed by atoms with van der Waals surface area (Å²) < 4.78 is 2.65. The van der Waals surface area contributed by atoms with Crippen LogP contribution in [-0.2, 0) is 0 Å². The Morgan fingerprint density at radius 2 is 1.07 bits per heavy atom. The van der Waals surface area contributed by atoms with Crippen molar-refractivity contribution >= 4 is 42.4 Å². The van der Waals surface area contributed by atoms with Crippen molar-refractivity contribution in [3.63, 3.8) is 0 Å². The SMILES string of the molecule is c1ccc(-c2ccc3c(-c4ccccc4)nc(-c4ccc(-c5cccc6c5sc5ccccc56)cc4)cc3n2)cc1. The minimum absolute atomic E-state index is 0.917. The van der Waals surface area contributed by atoms with E-state index in [0.29, 0.717) is 0 Å². The first-order valence-electron chi connectivity index (χ1n) is 13.8. The molecule has 0 spiro atoms. The average molecular weight is 541 g/mol. The van der Waals surface area contributed by atoms with Crippen LogP contribution < -0.4 is 0 Å². The van der Waals surface area contributed by atoms with Crippen LogP contribution in [-0.4, -0.2) is 9.97 Å². The molecular formula is C38H24N2S. The second-order valence-electron chi connectivity index (χ2n) is 10.2. The summed E-state index contributed by atoms with van der Waals surface area (Å²) in [6.45, 7) is 0. The number of rotatable bonds is 4. The highest BCUT2D eigenvalue weighted by molar-refractivity contribution is 7.26. The van der Waals surface area contributed by atoms with Crippen LogP contribution >= 0.6 is 11.3 Å². The first-order valence-corrected chi connectivity index (χ1v) is 14.6. The maximum atomic E-state index is 5.19. The second kappa shape index (κ2) is 9.81. The number of thiophene rings is 1. The van der Waals surface area contributed by atoms with Crippen molar-refractivity contribution in [3.8, 4) is 44.9 Å². The molecule has 0 N–H and O–H groups in total. The van der Waals surface area contributed by atoms with E-state index in [2.05, 4.69) is 133 Å². The summed E-state index contributed by atoms with van der Waals surface area (Å²) in [6.07, 6.45) is 0. The minimum Gasteiger partial charge on any atom is -0.248 e. The molecule has 192 valence electrons. The van der Waals surface area contributed by atoms with Gasteiger partial charge in [-0.1, -0.05) is 121 Å². The van der Waals surface area contributed by atoms with Gasteiger partial charge in [0.1, 0.15) is 0 Å². The van der Waals surface area contributed by atoms with Crippen LogP contribution in [0.25, 0.3) is 76.0 Å². The van der Waals surface area contributed by atoms with Crippen LogP contribution in [0.3, 0.4) is 0 Å². The number of hydrogen-bond acceptors (Lipinski definition) is 3. The molecule has 0 aliphatic heterocycles. The fourth-order valence-corrected chi connectivity index (χ4v) is 6.89. The molecule has 0 aliphatic carbocycles. The van der Waals surface area contributed by atoms with E-state index < -0.39 is 0 Å². The van der Waals surface area contributed by atoms with Gasteiger partial charge in [-0.2, -0.15) is 0 Å². The Bertz CT molecular complexity index is 2180. The van der Waals surface area contributed by atoms with Gasteiger partial charge >= 0.3 is 0 Å². The number of benzene rings is 5. The molecule has 0 radical (unpaired) electrons. The number of hydrogen-bond donors (Lipinski definition) is 0. The molecule has 5 aromatic carbocycles. The normalized spacial score (nSPS) is 11.4. The number of aromatic nitrogens is 2. The van der Waals surface area contributed by atoms with Crippen molar-refractivity contribution in [1.82, 2.24) is 9.97 Å². The van der Waals surface area contributed by atoms with Gasteiger partial charge in [-0.05, 0) is 35.4 Å². The maximum Gasteiger partial charge on any atom is 0.0803 e. The van der Waals surface area contributed by atoms with Crippen molar-refractivity contribution in [2.45, 2.75) is 0 Å².